The molecule has 0 spiro atoms. The molecule has 72 valence electrons. The van der Waals surface area contributed by atoms with Crippen molar-refractivity contribution in [1.82, 2.24) is 4.90 Å². The van der Waals surface area contributed by atoms with E-state index < -0.39 is 0 Å². The lowest BCUT2D eigenvalue weighted by Crippen LogP contribution is -2.52. The average molecular weight is 173 g/mol. The van der Waals surface area contributed by atoms with Crippen molar-refractivity contribution in [2.24, 2.45) is 0 Å². The van der Waals surface area contributed by atoms with Gasteiger partial charge >= 0.3 is 0 Å². The summed E-state index contributed by atoms with van der Waals surface area (Å²) in [6.45, 7) is 6.33. The lowest BCUT2D eigenvalue weighted by molar-refractivity contribution is 0.0291. The topological polar surface area (TPSA) is 32.7 Å². The Hall–Kier alpha value is -0.120. The van der Waals surface area contributed by atoms with E-state index in [4.69, 9.17) is 4.74 Å². The SMILES string of the molecule is CCCN(C)C1(C)COCC1O. The highest BCUT2D eigenvalue weighted by Crippen LogP contribution is 2.24. The number of aliphatic hydroxyl groups excluding tert-OH is 1. The summed E-state index contributed by atoms with van der Waals surface area (Å²) in [5.74, 6) is 0. The minimum atomic E-state index is -0.339. The number of ether oxygens (including phenoxy) is 1. The molecule has 3 heteroatoms. The van der Waals surface area contributed by atoms with Crippen molar-refractivity contribution in [3.63, 3.8) is 0 Å². The number of aliphatic hydroxyl groups is 1. The van der Waals surface area contributed by atoms with Crippen LogP contribution in [0.4, 0.5) is 0 Å². The maximum absolute atomic E-state index is 9.68. The molecule has 3 nitrogen and oxygen atoms in total. The Morgan fingerprint density at radius 3 is 2.75 bits per heavy atom. The van der Waals surface area contributed by atoms with Crippen LogP contribution in [0.3, 0.4) is 0 Å². The van der Waals surface area contributed by atoms with Crippen molar-refractivity contribution < 1.29 is 9.84 Å². The van der Waals surface area contributed by atoms with Gasteiger partial charge in [0.2, 0.25) is 0 Å². The molecule has 0 aromatic heterocycles. The Bertz CT molecular complexity index is 151. The van der Waals surface area contributed by atoms with Crippen LogP contribution < -0.4 is 0 Å². The van der Waals surface area contributed by atoms with Gasteiger partial charge < -0.3 is 9.84 Å². The Kier molecular flexibility index (Phi) is 3.09. The molecular weight excluding hydrogens is 154 g/mol. The van der Waals surface area contributed by atoms with E-state index in [0.717, 1.165) is 13.0 Å². The first-order chi connectivity index (χ1) is 5.61. The van der Waals surface area contributed by atoms with Crippen LogP contribution in [0.2, 0.25) is 0 Å². The van der Waals surface area contributed by atoms with Gasteiger partial charge in [0.1, 0.15) is 0 Å². The molecule has 1 N–H and O–H groups in total. The number of nitrogens with zero attached hydrogens (tertiary/aromatic N) is 1. The van der Waals surface area contributed by atoms with Gasteiger partial charge in [0.25, 0.3) is 0 Å². The molecule has 1 rings (SSSR count). The van der Waals surface area contributed by atoms with E-state index in [0.29, 0.717) is 13.2 Å². The van der Waals surface area contributed by atoms with Crippen LogP contribution in [-0.4, -0.2) is 48.5 Å². The standard InChI is InChI=1S/C9H19NO2/c1-4-5-10(3)9(2)7-12-6-8(9)11/h8,11H,4-7H2,1-3H3. The highest BCUT2D eigenvalue weighted by Gasteiger charge is 2.41. The largest absolute Gasteiger partial charge is 0.389 e. The third-order valence-corrected chi connectivity index (χ3v) is 2.82. The fourth-order valence-electron chi connectivity index (χ4n) is 1.61. The molecule has 1 aliphatic rings. The van der Waals surface area contributed by atoms with E-state index in [1.54, 1.807) is 0 Å². The van der Waals surface area contributed by atoms with Crippen LogP contribution >= 0.6 is 0 Å². The fraction of sp³-hybridized carbons (Fsp3) is 1.00. The fourth-order valence-corrected chi connectivity index (χ4v) is 1.61. The molecule has 0 aromatic carbocycles. The number of hydrogen-bond acceptors (Lipinski definition) is 3. The molecule has 0 bridgehead atoms. The van der Waals surface area contributed by atoms with E-state index in [2.05, 4.69) is 18.7 Å². The van der Waals surface area contributed by atoms with Crippen molar-refractivity contribution in [3.05, 3.63) is 0 Å². The van der Waals surface area contributed by atoms with Crippen molar-refractivity contribution in [1.29, 1.82) is 0 Å². The maximum atomic E-state index is 9.68. The Morgan fingerprint density at radius 1 is 1.67 bits per heavy atom. The van der Waals surface area contributed by atoms with E-state index >= 15 is 0 Å². The van der Waals surface area contributed by atoms with Gasteiger partial charge in [-0.05, 0) is 26.9 Å². The first-order valence-corrected chi connectivity index (χ1v) is 4.58. The minimum absolute atomic E-state index is 0.171. The third-order valence-electron chi connectivity index (χ3n) is 2.82. The normalized spacial score (nSPS) is 36.2. The van der Waals surface area contributed by atoms with Crippen molar-refractivity contribution >= 4 is 0 Å². The van der Waals surface area contributed by atoms with Gasteiger partial charge in [0, 0.05) is 0 Å². The van der Waals surface area contributed by atoms with Crippen molar-refractivity contribution in [2.45, 2.75) is 31.9 Å². The summed E-state index contributed by atoms with van der Waals surface area (Å²) in [7, 11) is 2.04. The third kappa shape index (κ3) is 1.63. The Labute approximate surface area is 74.3 Å². The van der Waals surface area contributed by atoms with E-state index in [9.17, 15) is 5.11 Å². The van der Waals surface area contributed by atoms with Crippen LogP contribution in [0.1, 0.15) is 20.3 Å². The van der Waals surface area contributed by atoms with Gasteiger partial charge in [-0.15, -0.1) is 0 Å². The zero-order valence-electron chi connectivity index (χ0n) is 8.21. The van der Waals surface area contributed by atoms with Crippen molar-refractivity contribution in [2.75, 3.05) is 26.8 Å². The Morgan fingerprint density at radius 2 is 2.33 bits per heavy atom. The number of rotatable bonds is 3. The first-order valence-electron chi connectivity index (χ1n) is 4.58. The van der Waals surface area contributed by atoms with Gasteiger partial charge in [-0.25, -0.2) is 0 Å². The van der Waals surface area contributed by atoms with Gasteiger partial charge in [0.05, 0.1) is 24.9 Å². The lowest BCUT2D eigenvalue weighted by atomic mass is 9.96. The van der Waals surface area contributed by atoms with E-state index in [1.165, 1.54) is 0 Å². The molecule has 2 atom stereocenters. The van der Waals surface area contributed by atoms with Gasteiger partial charge in [0.15, 0.2) is 0 Å². The minimum Gasteiger partial charge on any atom is -0.389 e. The molecular formula is C9H19NO2. The summed E-state index contributed by atoms with van der Waals surface area (Å²) in [6.07, 6.45) is 0.771. The molecule has 0 radical (unpaired) electrons. The van der Waals surface area contributed by atoms with Gasteiger partial charge in [-0.1, -0.05) is 6.92 Å². The summed E-state index contributed by atoms with van der Waals surface area (Å²) in [4.78, 5) is 2.19. The molecule has 2 unspecified atom stereocenters. The summed E-state index contributed by atoms with van der Waals surface area (Å²) in [5, 5.41) is 9.68. The molecule has 0 saturated carbocycles. The second kappa shape index (κ2) is 3.73. The number of likely N-dealkylation sites (N-methyl/N-ethyl adjacent to an activating group) is 1. The first kappa shape index (κ1) is 9.96. The zero-order chi connectivity index (χ0) is 9.19. The smallest absolute Gasteiger partial charge is 0.0976 e. The molecule has 12 heavy (non-hydrogen) atoms. The summed E-state index contributed by atoms with van der Waals surface area (Å²) in [5.41, 5.74) is -0.171. The van der Waals surface area contributed by atoms with Gasteiger partial charge in [-0.3, -0.25) is 4.90 Å². The van der Waals surface area contributed by atoms with Crippen LogP contribution in [0.15, 0.2) is 0 Å². The molecule has 1 heterocycles. The Balaban J connectivity index is 2.56. The van der Waals surface area contributed by atoms with Crippen LogP contribution in [-0.2, 0) is 4.74 Å². The van der Waals surface area contributed by atoms with Gasteiger partial charge in [-0.2, -0.15) is 0 Å². The maximum Gasteiger partial charge on any atom is 0.0976 e. The lowest BCUT2D eigenvalue weighted by Gasteiger charge is -2.36. The summed E-state index contributed by atoms with van der Waals surface area (Å²) >= 11 is 0. The summed E-state index contributed by atoms with van der Waals surface area (Å²) < 4.78 is 5.25. The summed E-state index contributed by atoms with van der Waals surface area (Å²) in [6, 6.07) is 0. The van der Waals surface area contributed by atoms with Crippen LogP contribution in [0.5, 0.6) is 0 Å². The quantitative estimate of drug-likeness (QED) is 0.673. The highest BCUT2D eigenvalue weighted by molar-refractivity contribution is 4.95. The number of hydrogen-bond donors (Lipinski definition) is 1. The zero-order valence-corrected chi connectivity index (χ0v) is 8.21. The predicted molar refractivity (Wildman–Crippen MR) is 48.2 cm³/mol. The average Bonchev–Trinajstić information content (AvgIpc) is 2.34. The van der Waals surface area contributed by atoms with E-state index in [1.807, 2.05) is 7.05 Å². The van der Waals surface area contributed by atoms with Crippen LogP contribution in [0.25, 0.3) is 0 Å². The van der Waals surface area contributed by atoms with Crippen LogP contribution in [0, 0.1) is 0 Å². The highest BCUT2D eigenvalue weighted by atomic mass is 16.5. The molecule has 0 aliphatic carbocycles. The van der Waals surface area contributed by atoms with E-state index in [-0.39, 0.29) is 11.6 Å². The second-order valence-corrected chi connectivity index (χ2v) is 3.81. The molecule has 0 aromatic rings. The molecule has 1 saturated heterocycles. The monoisotopic (exact) mass is 173 g/mol. The van der Waals surface area contributed by atoms with Crippen molar-refractivity contribution in [3.8, 4) is 0 Å². The molecule has 1 fully saturated rings. The molecule has 0 amide bonds. The second-order valence-electron chi connectivity index (χ2n) is 3.81. The molecule has 1 aliphatic heterocycles. The predicted octanol–water partition coefficient (Wildman–Crippen LogP) is 0.478.